The molecular formula is C18H30N4O. The summed E-state index contributed by atoms with van der Waals surface area (Å²) in [6, 6.07) is 4.92. The summed E-state index contributed by atoms with van der Waals surface area (Å²) in [6.07, 6.45) is 4.90. The van der Waals surface area contributed by atoms with E-state index in [0.29, 0.717) is 12.0 Å². The number of likely N-dealkylation sites (N-methyl/N-ethyl adjacent to an activating group) is 1. The van der Waals surface area contributed by atoms with Crippen LogP contribution in [-0.4, -0.2) is 46.4 Å². The van der Waals surface area contributed by atoms with Gasteiger partial charge in [-0.1, -0.05) is 0 Å². The van der Waals surface area contributed by atoms with E-state index in [0.717, 1.165) is 37.6 Å². The summed E-state index contributed by atoms with van der Waals surface area (Å²) in [6.45, 7) is 4.21. The Bertz CT molecular complexity index is 522. The molecule has 0 unspecified atom stereocenters. The SMILES string of the molecule is CNCCNC1CCN(c2cc(C3CC3)c(N)cc2OC)CC1. The molecule has 1 aromatic carbocycles. The Morgan fingerprint density at radius 1 is 1.17 bits per heavy atom. The quantitative estimate of drug-likeness (QED) is 0.530. The van der Waals surface area contributed by atoms with Gasteiger partial charge in [-0.2, -0.15) is 0 Å². The summed E-state index contributed by atoms with van der Waals surface area (Å²) in [7, 11) is 3.73. The normalized spacial score (nSPS) is 19.1. The molecule has 1 heterocycles. The second-order valence-electron chi connectivity index (χ2n) is 6.75. The number of anilines is 2. The first-order valence-electron chi connectivity index (χ1n) is 8.83. The summed E-state index contributed by atoms with van der Waals surface area (Å²) in [4.78, 5) is 2.46. The average Bonchev–Trinajstić information content (AvgIpc) is 3.40. The number of benzene rings is 1. The van der Waals surface area contributed by atoms with Gasteiger partial charge in [0.15, 0.2) is 0 Å². The van der Waals surface area contributed by atoms with Gasteiger partial charge >= 0.3 is 0 Å². The van der Waals surface area contributed by atoms with Crippen molar-refractivity contribution in [2.75, 3.05) is 51.0 Å². The van der Waals surface area contributed by atoms with Gasteiger partial charge in [-0.15, -0.1) is 0 Å². The van der Waals surface area contributed by atoms with Gasteiger partial charge in [0.05, 0.1) is 12.8 Å². The van der Waals surface area contributed by atoms with Crippen LogP contribution in [0, 0.1) is 0 Å². The molecule has 1 aliphatic carbocycles. The number of piperidine rings is 1. The average molecular weight is 318 g/mol. The van der Waals surface area contributed by atoms with Gasteiger partial charge in [-0.25, -0.2) is 0 Å². The number of rotatable bonds is 7. The minimum atomic E-state index is 0.627. The molecule has 0 spiro atoms. The molecule has 1 saturated heterocycles. The van der Waals surface area contributed by atoms with E-state index in [9.17, 15) is 0 Å². The molecule has 0 aromatic heterocycles. The Morgan fingerprint density at radius 2 is 1.91 bits per heavy atom. The molecule has 2 aliphatic rings. The molecule has 23 heavy (non-hydrogen) atoms. The summed E-state index contributed by atoms with van der Waals surface area (Å²) in [5.74, 6) is 1.58. The monoisotopic (exact) mass is 318 g/mol. The van der Waals surface area contributed by atoms with E-state index in [2.05, 4.69) is 21.6 Å². The zero-order valence-electron chi connectivity index (χ0n) is 14.4. The number of nitrogens with one attached hydrogen (secondary N) is 2. The van der Waals surface area contributed by atoms with Gasteiger partial charge in [0, 0.05) is 44.0 Å². The van der Waals surface area contributed by atoms with E-state index >= 15 is 0 Å². The molecule has 5 heteroatoms. The standard InChI is InChI=1S/C18H30N4O/c1-20-7-8-21-14-5-9-22(10-6-14)17-11-15(13-3-4-13)16(19)12-18(17)23-2/h11-14,20-21H,3-10,19H2,1-2H3. The van der Waals surface area contributed by atoms with Gasteiger partial charge < -0.3 is 26.0 Å². The first-order valence-corrected chi connectivity index (χ1v) is 8.83. The van der Waals surface area contributed by atoms with Crippen molar-refractivity contribution in [2.24, 2.45) is 0 Å². The summed E-state index contributed by atoms with van der Waals surface area (Å²) in [5, 5.41) is 6.82. The molecule has 0 atom stereocenters. The molecule has 3 rings (SSSR count). The van der Waals surface area contributed by atoms with Crippen molar-refractivity contribution in [3.8, 4) is 5.75 Å². The number of nitrogens with two attached hydrogens (primary N) is 1. The fraction of sp³-hybridized carbons (Fsp3) is 0.667. The van der Waals surface area contributed by atoms with Crippen molar-refractivity contribution in [1.82, 2.24) is 10.6 Å². The maximum Gasteiger partial charge on any atom is 0.144 e. The van der Waals surface area contributed by atoms with Crippen LogP contribution in [0.2, 0.25) is 0 Å². The molecule has 2 fully saturated rings. The predicted octanol–water partition coefficient (Wildman–Crippen LogP) is 1.93. The Morgan fingerprint density at radius 3 is 2.52 bits per heavy atom. The van der Waals surface area contributed by atoms with Crippen LogP contribution in [0.4, 0.5) is 11.4 Å². The van der Waals surface area contributed by atoms with Crippen molar-refractivity contribution < 1.29 is 4.74 Å². The Balaban J connectivity index is 1.66. The third kappa shape index (κ3) is 3.90. The Labute approximate surface area is 139 Å². The Hall–Kier alpha value is -1.46. The van der Waals surface area contributed by atoms with Gasteiger partial charge in [0.2, 0.25) is 0 Å². The number of ether oxygens (including phenoxy) is 1. The van der Waals surface area contributed by atoms with Crippen molar-refractivity contribution >= 4 is 11.4 Å². The Kier molecular flexibility index (Phi) is 5.28. The number of nitrogen functional groups attached to an aromatic ring is 1. The molecule has 1 saturated carbocycles. The van der Waals surface area contributed by atoms with Crippen LogP contribution < -0.4 is 26.0 Å². The molecule has 0 radical (unpaired) electrons. The summed E-state index contributed by atoms with van der Waals surface area (Å²) >= 11 is 0. The molecule has 128 valence electrons. The topological polar surface area (TPSA) is 62.5 Å². The van der Waals surface area contributed by atoms with Gasteiger partial charge in [-0.3, -0.25) is 0 Å². The van der Waals surface area contributed by atoms with Gasteiger partial charge in [-0.05, 0) is 50.3 Å². The predicted molar refractivity (Wildman–Crippen MR) is 96.5 cm³/mol. The van der Waals surface area contributed by atoms with Crippen molar-refractivity contribution in [1.29, 1.82) is 0 Å². The van der Waals surface area contributed by atoms with Crippen molar-refractivity contribution in [3.05, 3.63) is 17.7 Å². The van der Waals surface area contributed by atoms with Gasteiger partial charge in [0.25, 0.3) is 0 Å². The summed E-state index contributed by atoms with van der Waals surface area (Å²) in [5.41, 5.74) is 9.63. The highest BCUT2D eigenvalue weighted by Crippen LogP contribution is 2.46. The molecular weight excluding hydrogens is 288 g/mol. The first kappa shape index (κ1) is 16.4. The maximum absolute atomic E-state index is 6.21. The number of nitrogens with zero attached hydrogens (tertiary/aromatic N) is 1. The minimum absolute atomic E-state index is 0.627. The highest BCUT2D eigenvalue weighted by atomic mass is 16.5. The van der Waals surface area contributed by atoms with Crippen LogP contribution in [0.15, 0.2) is 12.1 Å². The first-order chi connectivity index (χ1) is 11.2. The van der Waals surface area contributed by atoms with E-state index in [4.69, 9.17) is 10.5 Å². The lowest BCUT2D eigenvalue weighted by molar-refractivity contribution is 0.398. The minimum Gasteiger partial charge on any atom is -0.495 e. The van der Waals surface area contributed by atoms with E-state index in [1.54, 1.807) is 7.11 Å². The molecule has 5 nitrogen and oxygen atoms in total. The fourth-order valence-corrected chi connectivity index (χ4v) is 3.48. The van der Waals surface area contributed by atoms with Crippen LogP contribution in [-0.2, 0) is 0 Å². The maximum atomic E-state index is 6.21. The van der Waals surface area contributed by atoms with E-state index in [-0.39, 0.29) is 0 Å². The fourth-order valence-electron chi connectivity index (χ4n) is 3.48. The van der Waals surface area contributed by atoms with Crippen LogP contribution in [0.5, 0.6) is 5.75 Å². The zero-order valence-corrected chi connectivity index (χ0v) is 14.4. The van der Waals surface area contributed by atoms with E-state index in [1.165, 1.54) is 36.9 Å². The molecule has 0 amide bonds. The van der Waals surface area contributed by atoms with E-state index in [1.807, 2.05) is 13.1 Å². The number of hydrogen-bond donors (Lipinski definition) is 3. The molecule has 1 aliphatic heterocycles. The highest BCUT2D eigenvalue weighted by molar-refractivity contribution is 5.69. The molecule has 1 aromatic rings. The second kappa shape index (κ2) is 7.41. The van der Waals surface area contributed by atoms with Crippen LogP contribution in [0.25, 0.3) is 0 Å². The summed E-state index contributed by atoms with van der Waals surface area (Å²) < 4.78 is 5.60. The highest BCUT2D eigenvalue weighted by Gasteiger charge is 2.28. The van der Waals surface area contributed by atoms with Crippen LogP contribution in [0.3, 0.4) is 0 Å². The molecule has 4 N–H and O–H groups in total. The third-order valence-electron chi connectivity index (χ3n) is 5.05. The van der Waals surface area contributed by atoms with Gasteiger partial charge in [0.1, 0.15) is 5.75 Å². The lowest BCUT2D eigenvalue weighted by atomic mass is 10.0. The number of methoxy groups -OCH3 is 1. The van der Waals surface area contributed by atoms with Crippen molar-refractivity contribution in [3.63, 3.8) is 0 Å². The smallest absolute Gasteiger partial charge is 0.144 e. The lowest BCUT2D eigenvalue weighted by Gasteiger charge is -2.35. The number of hydrogen-bond acceptors (Lipinski definition) is 5. The van der Waals surface area contributed by atoms with Crippen LogP contribution in [0.1, 0.15) is 37.2 Å². The van der Waals surface area contributed by atoms with Crippen LogP contribution >= 0.6 is 0 Å². The lowest BCUT2D eigenvalue weighted by Crippen LogP contribution is -2.44. The molecule has 0 bridgehead atoms. The van der Waals surface area contributed by atoms with E-state index < -0.39 is 0 Å². The third-order valence-corrected chi connectivity index (χ3v) is 5.05. The zero-order chi connectivity index (χ0) is 16.2. The largest absolute Gasteiger partial charge is 0.495 e. The second-order valence-corrected chi connectivity index (χ2v) is 6.75. The van der Waals surface area contributed by atoms with Crippen molar-refractivity contribution in [2.45, 2.75) is 37.6 Å².